The molecule has 0 spiro atoms. The van der Waals surface area contributed by atoms with E-state index in [1.54, 1.807) is 48.0 Å². The van der Waals surface area contributed by atoms with E-state index in [2.05, 4.69) is 10.2 Å². The Morgan fingerprint density at radius 1 is 1.25 bits per heavy atom. The van der Waals surface area contributed by atoms with E-state index in [0.29, 0.717) is 32.2 Å². The fourth-order valence-electron chi connectivity index (χ4n) is 2.18. The van der Waals surface area contributed by atoms with Gasteiger partial charge in [-0.1, -0.05) is 35.0 Å². The van der Waals surface area contributed by atoms with E-state index in [4.69, 9.17) is 27.9 Å². The molecular formula is C16H13Cl2N3O2S. The molecule has 0 saturated heterocycles. The molecule has 3 aromatic rings. The van der Waals surface area contributed by atoms with Gasteiger partial charge >= 0.3 is 0 Å². The highest BCUT2D eigenvalue weighted by Gasteiger charge is 2.20. The van der Waals surface area contributed by atoms with Crippen LogP contribution in [0.1, 0.15) is 17.3 Å². The molecule has 0 fully saturated rings. The normalized spacial score (nSPS) is 12.3. The molecule has 2 aromatic heterocycles. The summed E-state index contributed by atoms with van der Waals surface area (Å²) in [5.41, 5.74) is 1.12. The fraction of sp³-hybridized carbons (Fsp3) is 0.188. The standard InChI is InChI=1S/C16H13Cl2N3O2S/c1-9(14(22)10-3-5-12(23-2)6-4-10)24-16-20-19-15-13(18)7-11(17)8-21(15)16/h3-9H,1-2H3/t9-/m1/s1. The number of rotatable bonds is 5. The number of pyridine rings is 1. The Bertz CT molecular complexity index is 896. The molecule has 8 heteroatoms. The lowest BCUT2D eigenvalue weighted by Crippen LogP contribution is -2.14. The van der Waals surface area contributed by atoms with Gasteiger partial charge in [0, 0.05) is 11.8 Å². The number of thioether (sulfide) groups is 1. The number of hydrogen-bond acceptors (Lipinski definition) is 5. The highest BCUT2D eigenvalue weighted by Crippen LogP contribution is 2.29. The summed E-state index contributed by atoms with van der Waals surface area (Å²) in [5, 5.41) is 9.25. The van der Waals surface area contributed by atoms with Crippen LogP contribution in [-0.4, -0.2) is 32.7 Å². The average molecular weight is 382 g/mol. The van der Waals surface area contributed by atoms with Crippen LogP contribution in [0.15, 0.2) is 41.7 Å². The molecule has 1 aromatic carbocycles. The molecule has 1 atom stereocenters. The number of ether oxygens (including phenoxy) is 1. The third-order valence-electron chi connectivity index (χ3n) is 3.42. The molecule has 0 aliphatic carbocycles. The molecular weight excluding hydrogens is 369 g/mol. The first-order valence-electron chi connectivity index (χ1n) is 7.04. The third-order valence-corrected chi connectivity index (χ3v) is 4.96. The van der Waals surface area contributed by atoms with Crippen LogP contribution in [0.4, 0.5) is 0 Å². The third kappa shape index (κ3) is 3.36. The zero-order valence-corrected chi connectivity index (χ0v) is 15.2. The molecule has 0 aliphatic heterocycles. The maximum Gasteiger partial charge on any atom is 0.196 e. The van der Waals surface area contributed by atoms with Crippen LogP contribution in [0.5, 0.6) is 5.75 Å². The summed E-state index contributed by atoms with van der Waals surface area (Å²) in [6.07, 6.45) is 1.68. The number of carbonyl (C=O) groups is 1. The van der Waals surface area contributed by atoms with E-state index >= 15 is 0 Å². The van der Waals surface area contributed by atoms with Gasteiger partial charge in [0.05, 0.1) is 22.4 Å². The number of carbonyl (C=O) groups excluding carboxylic acids is 1. The molecule has 5 nitrogen and oxygen atoms in total. The lowest BCUT2D eigenvalue weighted by molar-refractivity contribution is 0.0994. The number of ketones is 1. The van der Waals surface area contributed by atoms with E-state index in [-0.39, 0.29) is 11.0 Å². The molecule has 0 radical (unpaired) electrons. The van der Waals surface area contributed by atoms with E-state index in [0.717, 1.165) is 0 Å². The van der Waals surface area contributed by atoms with Crippen molar-refractivity contribution < 1.29 is 9.53 Å². The van der Waals surface area contributed by atoms with E-state index < -0.39 is 0 Å². The summed E-state index contributed by atoms with van der Waals surface area (Å²) in [7, 11) is 1.59. The number of hydrogen-bond donors (Lipinski definition) is 0. The Kier molecular flexibility index (Phi) is 4.99. The van der Waals surface area contributed by atoms with Crippen LogP contribution in [0.2, 0.25) is 10.0 Å². The van der Waals surface area contributed by atoms with Crippen molar-refractivity contribution in [2.45, 2.75) is 17.3 Å². The van der Waals surface area contributed by atoms with Gasteiger partial charge < -0.3 is 4.74 Å². The second-order valence-electron chi connectivity index (χ2n) is 5.04. The van der Waals surface area contributed by atoms with Gasteiger partial charge in [-0.15, -0.1) is 10.2 Å². The van der Waals surface area contributed by atoms with E-state index in [9.17, 15) is 4.79 Å². The number of fused-ring (bicyclic) bond motifs is 1. The fourth-order valence-corrected chi connectivity index (χ4v) is 3.59. The minimum atomic E-state index is -0.344. The smallest absolute Gasteiger partial charge is 0.196 e. The molecule has 2 heterocycles. The molecule has 24 heavy (non-hydrogen) atoms. The summed E-state index contributed by atoms with van der Waals surface area (Å²) in [6, 6.07) is 8.61. The van der Waals surface area contributed by atoms with Crippen molar-refractivity contribution in [3.05, 3.63) is 52.1 Å². The Hall–Kier alpha value is -1.76. The number of nitrogens with zero attached hydrogens (tertiary/aromatic N) is 3. The Morgan fingerprint density at radius 3 is 2.62 bits per heavy atom. The van der Waals surface area contributed by atoms with Gasteiger partial charge in [-0.2, -0.15) is 0 Å². The number of benzene rings is 1. The molecule has 0 saturated carbocycles. The lowest BCUT2D eigenvalue weighted by atomic mass is 10.1. The monoisotopic (exact) mass is 381 g/mol. The van der Waals surface area contributed by atoms with Crippen LogP contribution >= 0.6 is 35.0 Å². The molecule has 0 aliphatic rings. The van der Waals surface area contributed by atoms with Gasteiger partial charge in [0.1, 0.15) is 5.75 Å². The van der Waals surface area contributed by atoms with Crippen molar-refractivity contribution in [2.75, 3.05) is 7.11 Å². The minimum Gasteiger partial charge on any atom is -0.497 e. The maximum absolute atomic E-state index is 12.6. The number of methoxy groups -OCH3 is 1. The van der Waals surface area contributed by atoms with Crippen molar-refractivity contribution >= 4 is 46.4 Å². The average Bonchev–Trinajstić information content (AvgIpc) is 2.97. The van der Waals surface area contributed by atoms with Crippen molar-refractivity contribution in [1.82, 2.24) is 14.6 Å². The zero-order valence-electron chi connectivity index (χ0n) is 12.9. The van der Waals surface area contributed by atoms with Gasteiger partial charge in [0.25, 0.3) is 0 Å². The highest BCUT2D eigenvalue weighted by molar-refractivity contribution is 8.00. The maximum atomic E-state index is 12.6. The van der Waals surface area contributed by atoms with Crippen molar-refractivity contribution in [3.63, 3.8) is 0 Å². The molecule has 0 unspecified atom stereocenters. The summed E-state index contributed by atoms with van der Waals surface area (Å²) in [4.78, 5) is 12.6. The largest absolute Gasteiger partial charge is 0.497 e. The molecule has 124 valence electrons. The Labute approximate surface area is 152 Å². The van der Waals surface area contributed by atoms with Crippen molar-refractivity contribution in [2.24, 2.45) is 0 Å². The van der Waals surface area contributed by atoms with Crippen LogP contribution in [0, 0.1) is 0 Å². The predicted molar refractivity (Wildman–Crippen MR) is 95.7 cm³/mol. The summed E-state index contributed by atoms with van der Waals surface area (Å²) >= 11 is 13.4. The van der Waals surface area contributed by atoms with Gasteiger partial charge in [0.15, 0.2) is 16.6 Å². The molecule has 0 bridgehead atoms. The lowest BCUT2D eigenvalue weighted by Gasteiger charge is -2.10. The predicted octanol–water partition coefficient (Wildman–Crippen LogP) is 4.41. The molecule has 3 rings (SSSR count). The van der Waals surface area contributed by atoms with Crippen LogP contribution in [-0.2, 0) is 0 Å². The van der Waals surface area contributed by atoms with E-state index in [1.165, 1.54) is 11.8 Å². The van der Waals surface area contributed by atoms with Crippen LogP contribution in [0.3, 0.4) is 0 Å². The van der Waals surface area contributed by atoms with Gasteiger partial charge in [-0.25, -0.2) is 0 Å². The second-order valence-corrected chi connectivity index (χ2v) is 7.19. The van der Waals surface area contributed by atoms with Gasteiger partial charge in [-0.05, 0) is 37.3 Å². The number of halogens is 2. The van der Waals surface area contributed by atoms with Crippen molar-refractivity contribution in [3.8, 4) is 5.75 Å². The second kappa shape index (κ2) is 7.01. The van der Waals surface area contributed by atoms with Crippen molar-refractivity contribution in [1.29, 1.82) is 0 Å². The molecule has 0 amide bonds. The first kappa shape index (κ1) is 17.1. The number of aromatic nitrogens is 3. The Morgan fingerprint density at radius 2 is 1.96 bits per heavy atom. The first-order chi connectivity index (χ1) is 11.5. The topological polar surface area (TPSA) is 56.5 Å². The summed E-state index contributed by atoms with van der Waals surface area (Å²) < 4.78 is 6.79. The number of Topliss-reactive ketones (excluding diaryl/α,β-unsaturated/α-hetero) is 1. The SMILES string of the molecule is COc1ccc(C(=O)[C@@H](C)Sc2nnc3c(Cl)cc(Cl)cn23)cc1. The first-order valence-corrected chi connectivity index (χ1v) is 8.68. The van der Waals surface area contributed by atoms with Gasteiger partial charge in [0.2, 0.25) is 0 Å². The summed E-state index contributed by atoms with van der Waals surface area (Å²) in [5.74, 6) is 0.701. The minimum absolute atomic E-state index is 0.00692. The highest BCUT2D eigenvalue weighted by atomic mass is 35.5. The molecule has 0 N–H and O–H groups in total. The Balaban J connectivity index is 1.83. The van der Waals surface area contributed by atoms with Crippen LogP contribution < -0.4 is 4.74 Å². The summed E-state index contributed by atoms with van der Waals surface area (Å²) in [6.45, 7) is 1.82. The van der Waals surface area contributed by atoms with Gasteiger partial charge in [-0.3, -0.25) is 9.20 Å². The van der Waals surface area contributed by atoms with Crippen LogP contribution in [0.25, 0.3) is 5.65 Å². The quantitative estimate of drug-likeness (QED) is 0.483. The van der Waals surface area contributed by atoms with E-state index in [1.807, 2.05) is 6.92 Å². The zero-order chi connectivity index (χ0) is 17.3.